The topological polar surface area (TPSA) is 36.9 Å². The van der Waals surface area contributed by atoms with Crippen LogP contribution in [-0.4, -0.2) is 34.5 Å². The molecule has 1 aromatic rings. The van der Waals surface area contributed by atoms with Gasteiger partial charge in [-0.3, -0.25) is 4.57 Å². The monoisotopic (exact) mass is 268 g/mol. The van der Waals surface area contributed by atoms with Crippen LogP contribution in [0, 0.1) is 4.77 Å². The van der Waals surface area contributed by atoms with Crippen LogP contribution in [0.4, 0.5) is 19.1 Å². The molecule has 17 heavy (non-hydrogen) atoms. The molecule has 0 saturated heterocycles. The highest BCUT2D eigenvalue weighted by molar-refractivity contribution is 7.71. The van der Waals surface area contributed by atoms with Gasteiger partial charge in [-0.15, -0.1) is 5.10 Å². The maximum Gasteiger partial charge on any atom is 0.390 e. The number of rotatable bonds is 5. The van der Waals surface area contributed by atoms with Crippen LogP contribution in [0.25, 0.3) is 0 Å². The summed E-state index contributed by atoms with van der Waals surface area (Å²) in [5.41, 5.74) is 0. The molecule has 0 spiro atoms. The molecule has 0 aliphatic rings. The summed E-state index contributed by atoms with van der Waals surface area (Å²) >= 11 is 5.01. The highest BCUT2D eigenvalue weighted by atomic mass is 32.1. The minimum atomic E-state index is -4.16. The van der Waals surface area contributed by atoms with Crippen molar-refractivity contribution < 1.29 is 13.2 Å². The SMILES string of the molecule is CCCn1c(N(C)CCC(F)(F)F)n[nH]c1=S. The Morgan fingerprint density at radius 2 is 2.12 bits per heavy atom. The predicted molar refractivity (Wildman–Crippen MR) is 61.6 cm³/mol. The quantitative estimate of drug-likeness (QED) is 0.834. The third kappa shape index (κ3) is 4.03. The number of halogens is 3. The van der Waals surface area contributed by atoms with Crippen molar-refractivity contribution in [3.05, 3.63) is 4.77 Å². The Hall–Kier alpha value is -1.05. The van der Waals surface area contributed by atoms with Crippen LogP contribution in [0.5, 0.6) is 0 Å². The van der Waals surface area contributed by atoms with E-state index in [1.165, 1.54) is 4.90 Å². The van der Waals surface area contributed by atoms with Crippen LogP contribution >= 0.6 is 12.2 Å². The molecule has 1 N–H and O–H groups in total. The summed E-state index contributed by atoms with van der Waals surface area (Å²) < 4.78 is 38.4. The second-order valence-electron chi connectivity index (χ2n) is 3.77. The second-order valence-corrected chi connectivity index (χ2v) is 4.15. The Kier molecular flexibility index (Phi) is 4.55. The van der Waals surface area contributed by atoms with Crippen molar-refractivity contribution >= 4 is 18.2 Å². The van der Waals surface area contributed by atoms with Gasteiger partial charge in [-0.1, -0.05) is 6.92 Å². The number of hydrogen-bond donors (Lipinski definition) is 1. The molecule has 0 aromatic carbocycles. The number of hydrogen-bond acceptors (Lipinski definition) is 3. The van der Waals surface area contributed by atoms with Gasteiger partial charge in [-0.2, -0.15) is 13.2 Å². The van der Waals surface area contributed by atoms with Crippen LogP contribution in [0.3, 0.4) is 0 Å². The normalized spacial score (nSPS) is 11.8. The molecule has 4 nitrogen and oxygen atoms in total. The van der Waals surface area contributed by atoms with E-state index in [9.17, 15) is 13.2 Å². The molecule has 0 aliphatic carbocycles. The molecule has 98 valence electrons. The molecule has 0 radical (unpaired) electrons. The third-order valence-corrected chi connectivity index (χ3v) is 2.57. The maximum atomic E-state index is 12.1. The summed E-state index contributed by atoms with van der Waals surface area (Å²) in [4.78, 5) is 1.45. The van der Waals surface area contributed by atoms with Crippen LogP contribution in [0.2, 0.25) is 0 Å². The summed E-state index contributed by atoms with van der Waals surface area (Å²) in [6, 6.07) is 0. The van der Waals surface area contributed by atoms with Gasteiger partial charge in [-0.05, 0) is 18.6 Å². The van der Waals surface area contributed by atoms with E-state index in [-0.39, 0.29) is 6.54 Å². The summed E-state index contributed by atoms with van der Waals surface area (Å²) in [7, 11) is 1.57. The van der Waals surface area contributed by atoms with Crippen molar-refractivity contribution in [2.24, 2.45) is 0 Å². The van der Waals surface area contributed by atoms with Gasteiger partial charge in [0.05, 0.1) is 6.42 Å². The first-order chi connectivity index (χ1) is 7.85. The zero-order valence-corrected chi connectivity index (χ0v) is 10.5. The molecule has 8 heteroatoms. The number of alkyl halides is 3. The van der Waals surface area contributed by atoms with Crippen molar-refractivity contribution in [1.29, 1.82) is 0 Å². The fourth-order valence-electron chi connectivity index (χ4n) is 1.42. The van der Waals surface area contributed by atoms with Crippen LogP contribution in [0.15, 0.2) is 0 Å². The smallest absolute Gasteiger partial charge is 0.344 e. The highest BCUT2D eigenvalue weighted by Crippen LogP contribution is 2.21. The number of anilines is 1. The van der Waals surface area contributed by atoms with E-state index in [1.54, 1.807) is 11.6 Å². The molecule has 1 heterocycles. The van der Waals surface area contributed by atoms with E-state index in [4.69, 9.17) is 12.2 Å². The highest BCUT2D eigenvalue weighted by Gasteiger charge is 2.27. The lowest BCUT2D eigenvalue weighted by Gasteiger charge is -2.19. The van der Waals surface area contributed by atoms with Gasteiger partial charge < -0.3 is 4.90 Å². The van der Waals surface area contributed by atoms with E-state index in [0.29, 0.717) is 17.3 Å². The zero-order valence-electron chi connectivity index (χ0n) is 9.71. The zero-order chi connectivity index (χ0) is 13.1. The summed E-state index contributed by atoms with van der Waals surface area (Å²) in [5.74, 6) is 0.445. The summed E-state index contributed by atoms with van der Waals surface area (Å²) in [6.07, 6.45) is -4.18. The molecular weight excluding hydrogens is 253 g/mol. The van der Waals surface area contributed by atoms with Gasteiger partial charge in [-0.25, -0.2) is 5.10 Å². The molecule has 0 unspecified atom stereocenters. The van der Waals surface area contributed by atoms with Gasteiger partial charge in [0, 0.05) is 20.1 Å². The molecule has 1 rings (SSSR count). The first-order valence-corrected chi connectivity index (χ1v) is 5.69. The van der Waals surface area contributed by atoms with Crippen LogP contribution < -0.4 is 4.90 Å². The van der Waals surface area contributed by atoms with E-state index < -0.39 is 12.6 Å². The van der Waals surface area contributed by atoms with Crippen molar-refractivity contribution in [1.82, 2.24) is 14.8 Å². The van der Waals surface area contributed by atoms with E-state index >= 15 is 0 Å². The fraction of sp³-hybridized carbons (Fsp3) is 0.778. The van der Waals surface area contributed by atoms with Crippen molar-refractivity contribution in [3.8, 4) is 0 Å². The molecule has 0 saturated carbocycles. The van der Waals surface area contributed by atoms with E-state index in [0.717, 1.165) is 6.42 Å². The minimum absolute atomic E-state index is 0.132. The van der Waals surface area contributed by atoms with Crippen molar-refractivity contribution in [2.75, 3.05) is 18.5 Å². The lowest BCUT2D eigenvalue weighted by molar-refractivity contribution is -0.132. The number of aromatic amines is 1. The molecular formula is C9H15F3N4S. The first-order valence-electron chi connectivity index (χ1n) is 5.28. The molecule has 0 bridgehead atoms. The van der Waals surface area contributed by atoms with Gasteiger partial charge in [0.15, 0.2) is 4.77 Å². The first kappa shape index (κ1) is 14.0. The molecule has 1 aromatic heterocycles. The lowest BCUT2D eigenvalue weighted by Crippen LogP contribution is -2.26. The number of nitrogens with one attached hydrogen (secondary N) is 1. The number of H-pyrrole nitrogens is 1. The average Bonchev–Trinajstić information content (AvgIpc) is 2.57. The molecule has 0 aliphatic heterocycles. The maximum absolute atomic E-state index is 12.1. The standard InChI is InChI=1S/C9H15F3N4S/c1-3-5-16-7(13-14-8(16)17)15(2)6-4-9(10,11)12/h3-6H2,1-2H3,(H,14,17). The van der Waals surface area contributed by atoms with Gasteiger partial charge in [0.1, 0.15) is 0 Å². The Bertz CT molecular complexity index is 409. The second kappa shape index (κ2) is 5.52. The fourth-order valence-corrected chi connectivity index (χ4v) is 1.64. The Balaban J connectivity index is 2.75. The lowest BCUT2D eigenvalue weighted by atomic mass is 10.4. The molecule has 0 atom stereocenters. The number of aromatic nitrogens is 3. The Morgan fingerprint density at radius 3 is 2.65 bits per heavy atom. The Labute approximate surface area is 102 Å². The van der Waals surface area contributed by atoms with Crippen LogP contribution in [0.1, 0.15) is 19.8 Å². The molecule has 0 amide bonds. The van der Waals surface area contributed by atoms with E-state index in [1.807, 2.05) is 6.92 Å². The van der Waals surface area contributed by atoms with Gasteiger partial charge >= 0.3 is 6.18 Å². The van der Waals surface area contributed by atoms with Crippen molar-refractivity contribution in [2.45, 2.75) is 32.5 Å². The summed E-state index contributed by atoms with van der Waals surface area (Å²) in [5, 5.41) is 6.53. The third-order valence-electron chi connectivity index (χ3n) is 2.26. The largest absolute Gasteiger partial charge is 0.390 e. The summed E-state index contributed by atoms with van der Waals surface area (Å²) in [6.45, 7) is 2.47. The van der Waals surface area contributed by atoms with E-state index in [2.05, 4.69) is 10.2 Å². The number of nitrogens with zero attached hydrogens (tertiary/aromatic N) is 3. The predicted octanol–water partition coefficient (Wildman–Crippen LogP) is 2.74. The van der Waals surface area contributed by atoms with Gasteiger partial charge in [0.25, 0.3) is 0 Å². The minimum Gasteiger partial charge on any atom is -0.344 e. The average molecular weight is 268 g/mol. The van der Waals surface area contributed by atoms with Gasteiger partial charge in [0.2, 0.25) is 5.95 Å². The Morgan fingerprint density at radius 1 is 1.47 bits per heavy atom. The molecule has 0 fully saturated rings. The van der Waals surface area contributed by atoms with Crippen molar-refractivity contribution in [3.63, 3.8) is 0 Å². The van der Waals surface area contributed by atoms with Crippen LogP contribution in [-0.2, 0) is 6.54 Å².